The largest absolute Gasteiger partial charge is 1.00 e. The van der Waals surface area contributed by atoms with E-state index in [1.54, 1.807) is 0 Å². The second-order valence-corrected chi connectivity index (χ2v) is 0.500. The van der Waals surface area contributed by atoms with Crippen molar-refractivity contribution in [1.82, 2.24) is 5.32 Å². The Hall–Kier alpha value is 2.16. The second kappa shape index (κ2) is 27.2. The first kappa shape index (κ1) is 15.7. The second-order valence-electron chi connectivity index (χ2n) is 0.500. The molecule has 0 radical (unpaired) electrons. The monoisotopic (exact) mass is 406 g/mol. The molecule has 0 rings (SSSR count). The van der Waals surface area contributed by atoms with Crippen LogP contribution in [-0.4, -0.2) is 14.1 Å². The van der Waals surface area contributed by atoms with E-state index in [9.17, 15) is 0 Å². The normalized spacial score (nSPS) is 4.17. The summed E-state index contributed by atoms with van der Waals surface area (Å²) in [6.45, 7) is 0. The fraction of sp³-hybridized carbons (Fsp3) is 1.00. The molecule has 4 heteroatoms. The summed E-state index contributed by atoms with van der Waals surface area (Å²) >= 11 is 4.88. The first-order chi connectivity index (χ1) is 2.41. The van der Waals surface area contributed by atoms with Gasteiger partial charge >= 0.3 is 36.3 Å². The van der Waals surface area contributed by atoms with Gasteiger partial charge in [0.05, 0.1) is 0 Å². The zero-order valence-corrected chi connectivity index (χ0v) is 9.35. The van der Waals surface area contributed by atoms with Crippen molar-refractivity contribution in [3.8, 4) is 0 Å². The van der Waals surface area contributed by atoms with Crippen LogP contribution in [0.4, 0.5) is 0 Å². The van der Waals surface area contributed by atoms with Crippen LogP contribution in [0.25, 0.3) is 0 Å². The van der Waals surface area contributed by atoms with Crippen molar-refractivity contribution < 1.29 is 41.2 Å². The number of hydrogen-bond acceptors (Lipinski definition) is 1. The SMILES string of the molecule is CNC.[Ag][I].[I-]. The molecule has 46 valence electrons. The van der Waals surface area contributed by atoms with Gasteiger partial charge < -0.3 is 29.3 Å². The number of rotatable bonds is 0. The molecule has 0 heterocycles. The predicted octanol–water partition coefficient (Wildman–Crippen LogP) is -2.28. The zero-order valence-electron chi connectivity index (χ0n) is 3.56. The molecular weight excluding hydrogens is 400 g/mol. The van der Waals surface area contributed by atoms with Crippen molar-refractivity contribution in [2.24, 2.45) is 0 Å². The van der Waals surface area contributed by atoms with Crippen LogP contribution in [-0.2, 0) is 17.3 Å². The Bertz CT molecular complexity index is 11.5. The molecule has 0 atom stereocenters. The number of hydrogen-bond donors (Lipinski definition) is 1. The summed E-state index contributed by atoms with van der Waals surface area (Å²) < 4.78 is 0. The molecule has 0 fully saturated rings. The predicted molar refractivity (Wildman–Crippen MR) is 29.0 cm³/mol. The van der Waals surface area contributed by atoms with E-state index in [1.807, 2.05) is 33.1 Å². The average Bonchev–Trinajstić information content (AvgIpc) is 1.46. The molecule has 0 bridgehead atoms. The first-order valence-corrected chi connectivity index (χ1v) is 5.52. The Morgan fingerprint density at radius 1 is 1.33 bits per heavy atom. The van der Waals surface area contributed by atoms with E-state index in [2.05, 4.69) is 22.6 Å². The number of nitrogens with one attached hydrogen (secondary N) is 1. The van der Waals surface area contributed by atoms with Crippen LogP contribution in [0.3, 0.4) is 0 Å². The Morgan fingerprint density at radius 2 is 1.33 bits per heavy atom. The van der Waals surface area contributed by atoms with Crippen LogP contribution < -0.4 is 29.3 Å². The van der Waals surface area contributed by atoms with Crippen LogP contribution in [0.5, 0.6) is 0 Å². The van der Waals surface area contributed by atoms with Crippen molar-refractivity contribution >= 4 is 19.0 Å². The van der Waals surface area contributed by atoms with Crippen molar-refractivity contribution in [3.63, 3.8) is 0 Å². The molecule has 0 spiro atoms. The van der Waals surface area contributed by atoms with Gasteiger partial charge in [0.25, 0.3) is 0 Å². The standard InChI is InChI=1S/C2H7N.Ag.2HI/c1-3-2;;;/h3H,1-2H3;;2*1H/q;+1;;/p-2. The van der Waals surface area contributed by atoms with E-state index in [4.69, 9.17) is 0 Å². The van der Waals surface area contributed by atoms with Gasteiger partial charge in [0.2, 0.25) is 0 Å². The summed E-state index contributed by atoms with van der Waals surface area (Å²) in [4.78, 5) is 0. The fourth-order valence-electron chi connectivity index (χ4n) is 0. The summed E-state index contributed by atoms with van der Waals surface area (Å²) in [5.41, 5.74) is 0. The summed E-state index contributed by atoms with van der Waals surface area (Å²) in [7, 11) is 3.75. The minimum absolute atomic E-state index is 0. The van der Waals surface area contributed by atoms with Crippen LogP contribution in [0.15, 0.2) is 0 Å². The van der Waals surface area contributed by atoms with E-state index < -0.39 is 0 Å². The maximum Gasteiger partial charge on any atom is -1.00 e. The summed E-state index contributed by atoms with van der Waals surface area (Å²) in [6.07, 6.45) is 0. The van der Waals surface area contributed by atoms with Crippen LogP contribution in [0, 0.1) is 0 Å². The Balaban J connectivity index is -0.0000000275. The van der Waals surface area contributed by atoms with Crippen molar-refractivity contribution in [2.75, 3.05) is 14.1 Å². The van der Waals surface area contributed by atoms with Gasteiger partial charge in [0.1, 0.15) is 0 Å². The maximum absolute atomic E-state index is 2.92. The van der Waals surface area contributed by atoms with Crippen molar-refractivity contribution in [1.29, 1.82) is 0 Å². The third kappa shape index (κ3) is 35.2. The molecule has 0 aromatic heterocycles. The maximum atomic E-state index is 2.92. The molecule has 0 aromatic carbocycles. The first-order valence-electron chi connectivity index (χ1n) is 1.11. The quantitative estimate of drug-likeness (QED) is 0.353. The molecule has 6 heavy (non-hydrogen) atoms. The van der Waals surface area contributed by atoms with Crippen LogP contribution in [0.2, 0.25) is 0 Å². The molecule has 1 nitrogen and oxygen atoms in total. The molecule has 0 aromatic rings. The third-order valence-corrected chi connectivity index (χ3v) is 0. The Kier molecular flexibility index (Phi) is 71.2. The summed E-state index contributed by atoms with van der Waals surface area (Å²) in [6, 6.07) is 0. The molecule has 0 saturated carbocycles. The van der Waals surface area contributed by atoms with Crippen LogP contribution >= 0.6 is 19.0 Å². The minimum atomic E-state index is 0. The molecule has 0 saturated heterocycles. The molecule has 0 amide bonds. The minimum Gasteiger partial charge on any atom is -1.00 e. The molecule has 0 aliphatic heterocycles. The summed E-state index contributed by atoms with van der Waals surface area (Å²) in [5, 5.41) is 2.75. The van der Waals surface area contributed by atoms with Gasteiger partial charge in [-0.1, -0.05) is 0 Å². The van der Waals surface area contributed by atoms with Crippen LogP contribution in [0.1, 0.15) is 0 Å². The fourth-order valence-corrected chi connectivity index (χ4v) is 0. The third-order valence-electron chi connectivity index (χ3n) is 0. The van der Waals surface area contributed by atoms with E-state index in [0.29, 0.717) is 0 Å². The van der Waals surface area contributed by atoms with E-state index in [-0.39, 0.29) is 24.0 Å². The van der Waals surface area contributed by atoms with Gasteiger partial charge in [0, 0.05) is 0 Å². The summed E-state index contributed by atoms with van der Waals surface area (Å²) in [5.74, 6) is 0. The molecule has 0 unspecified atom stereocenters. The van der Waals surface area contributed by atoms with E-state index >= 15 is 0 Å². The smallest absolute Gasteiger partial charge is 1.00 e. The molecule has 0 aliphatic rings. The van der Waals surface area contributed by atoms with Gasteiger partial charge in [0.15, 0.2) is 0 Å². The van der Waals surface area contributed by atoms with Gasteiger partial charge in [-0.25, -0.2) is 0 Å². The topological polar surface area (TPSA) is 12.0 Å². The van der Waals surface area contributed by atoms with E-state index in [0.717, 1.165) is 0 Å². The number of halogens is 2. The van der Waals surface area contributed by atoms with Gasteiger partial charge in [-0.05, 0) is 14.1 Å². The Labute approximate surface area is 78.5 Å². The molecule has 0 aliphatic carbocycles. The average molecular weight is 407 g/mol. The Morgan fingerprint density at radius 3 is 1.33 bits per heavy atom. The van der Waals surface area contributed by atoms with Gasteiger partial charge in [-0.3, -0.25) is 0 Å². The zero-order chi connectivity index (χ0) is 4.71. The van der Waals surface area contributed by atoms with Crippen molar-refractivity contribution in [2.45, 2.75) is 0 Å². The van der Waals surface area contributed by atoms with Crippen molar-refractivity contribution in [3.05, 3.63) is 0 Å². The molecular formula is C2H7AgI2N-. The van der Waals surface area contributed by atoms with E-state index in [1.165, 1.54) is 0 Å². The molecule has 1 N–H and O–H groups in total. The van der Waals surface area contributed by atoms with Gasteiger partial charge in [-0.2, -0.15) is 0 Å². The van der Waals surface area contributed by atoms with Gasteiger partial charge in [-0.15, -0.1) is 0 Å².